The van der Waals surface area contributed by atoms with Crippen LogP contribution in [-0.2, 0) is 16.1 Å². The predicted octanol–water partition coefficient (Wildman–Crippen LogP) is 5.61. The van der Waals surface area contributed by atoms with Gasteiger partial charge < -0.3 is 24.9 Å². The van der Waals surface area contributed by atoms with E-state index in [0.717, 1.165) is 16.9 Å². The van der Waals surface area contributed by atoms with E-state index in [0.29, 0.717) is 31.5 Å². The van der Waals surface area contributed by atoms with Crippen molar-refractivity contribution in [2.75, 3.05) is 25.3 Å². The Labute approximate surface area is 190 Å². The number of halogens is 3. The average molecular weight is 460 g/mol. The fourth-order valence-electron chi connectivity index (χ4n) is 2.61. The van der Waals surface area contributed by atoms with Crippen LogP contribution in [0, 0.1) is 5.92 Å². The lowest BCUT2D eigenvalue weighted by molar-refractivity contribution is -0.139. The number of alkyl halides is 3. The minimum atomic E-state index is -4.20. The number of hydrogen-bond acceptors (Lipinski definition) is 6. The summed E-state index contributed by atoms with van der Waals surface area (Å²) in [5.74, 6) is 1.67. The van der Waals surface area contributed by atoms with Gasteiger partial charge in [0, 0.05) is 21.6 Å². The smallest absolute Gasteiger partial charge is 0.392 e. The van der Waals surface area contributed by atoms with Crippen LogP contribution < -0.4 is 15.4 Å². The molecule has 32 heavy (non-hydrogen) atoms. The molecule has 0 bridgehead atoms. The summed E-state index contributed by atoms with van der Waals surface area (Å²) in [7, 11) is 0. The Kier molecular flexibility index (Phi) is 12.3. The van der Waals surface area contributed by atoms with Gasteiger partial charge in [-0.2, -0.15) is 13.2 Å². The first-order valence-corrected chi connectivity index (χ1v) is 10.3. The van der Waals surface area contributed by atoms with Crippen molar-refractivity contribution < 1.29 is 30.3 Å². The Bertz CT molecular complexity index is 782. The molecule has 0 saturated carbocycles. The molecular formula is C23H36F3N3O3. The number of nitrogens with zero attached hydrogens (tertiary/aromatic N) is 1. The number of carbonyl (C=O) groups is 1. The zero-order chi connectivity index (χ0) is 24.0. The van der Waals surface area contributed by atoms with E-state index in [4.69, 9.17) is 14.3 Å². The first-order valence-electron chi connectivity index (χ1n) is 10.3. The quantitative estimate of drug-likeness (QED) is 0.317. The van der Waals surface area contributed by atoms with Crippen LogP contribution in [0.3, 0.4) is 0 Å². The number of anilines is 1. The van der Waals surface area contributed by atoms with Gasteiger partial charge in [0.15, 0.2) is 0 Å². The summed E-state index contributed by atoms with van der Waals surface area (Å²) in [4.78, 5) is 12.3. The number of nitrogens with one attached hydrogen (secondary N) is 2. The van der Waals surface area contributed by atoms with E-state index < -0.39 is 12.6 Å². The molecular weight excluding hydrogens is 423 g/mol. The van der Waals surface area contributed by atoms with Gasteiger partial charge in [-0.25, -0.2) is 4.98 Å². The standard InChI is InChI=1S/C22H30F3N3O2.CH2O.2H2/c1-16(2)14-29-15-28-21-12-19(8-10-26-21)17(3)27-13-18-4-6-20(7-5-18)30-11-9-22(23,24)25;1-2;;/h4-8,10,12,16-17,27H,9,11,13-15H2,1-3H3,(H,26,28);1H2;2*1H. The van der Waals surface area contributed by atoms with Gasteiger partial charge >= 0.3 is 6.18 Å². The van der Waals surface area contributed by atoms with Crippen molar-refractivity contribution in [3.63, 3.8) is 0 Å². The van der Waals surface area contributed by atoms with E-state index in [1.165, 1.54) is 0 Å². The molecule has 0 aliphatic rings. The van der Waals surface area contributed by atoms with Crippen LogP contribution in [0.1, 0.15) is 47.2 Å². The summed E-state index contributed by atoms with van der Waals surface area (Å²) in [6.45, 7) is 9.60. The molecule has 1 heterocycles. The largest absolute Gasteiger partial charge is 0.493 e. The van der Waals surface area contributed by atoms with Gasteiger partial charge in [0.2, 0.25) is 0 Å². The van der Waals surface area contributed by atoms with Crippen molar-refractivity contribution in [3.8, 4) is 5.75 Å². The molecule has 0 fully saturated rings. The van der Waals surface area contributed by atoms with Crippen molar-refractivity contribution in [2.45, 2.75) is 46.0 Å². The topological polar surface area (TPSA) is 72.5 Å². The van der Waals surface area contributed by atoms with Crippen LogP contribution in [0.2, 0.25) is 0 Å². The van der Waals surface area contributed by atoms with Crippen LogP contribution in [0.15, 0.2) is 42.6 Å². The lowest BCUT2D eigenvalue weighted by Crippen LogP contribution is -2.18. The molecule has 0 aliphatic carbocycles. The molecule has 182 valence electrons. The number of aromatic nitrogens is 1. The van der Waals surface area contributed by atoms with E-state index in [1.54, 1.807) is 18.3 Å². The average Bonchev–Trinajstić information content (AvgIpc) is 2.76. The summed E-state index contributed by atoms with van der Waals surface area (Å²) in [5, 5.41) is 6.59. The number of ether oxygens (including phenoxy) is 2. The highest BCUT2D eigenvalue weighted by atomic mass is 19.4. The summed E-state index contributed by atoms with van der Waals surface area (Å²) < 4.78 is 47.2. The number of carbonyl (C=O) groups excluding carboxylic acids is 1. The van der Waals surface area contributed by atoms with Crippen molar-refractivity contribution in [1.29, 1.82) is 0 Å². The molecule has 1 unspecified atom stereocenters. The Hall–Kier alpha value is -2.65. The molecule has 2 rings (SSSR count). The summed E-state index contributed by atoms with van der Waals surface area (Å²) >= 11 is 0. The molecule has 2 N–H and O–H groups in total. The summed E-state index contributed by atoms with van der Waals surface area (Å²) in [5.41, 5.74) is 2.10. The van der Waals surface area contributed by atoms with Crippen molar-refractivity contribution in [1.82, 2.24) is 10.3 Å². The normalized spacial score (nSPS) is 12.1. The van der Waals surface area contributed by atoms with Gasteiger partial charge in [0.05, 0.1) is 19.6 Å². The third-order valence-electron chi connectivity index (χ3n) is 4.28. The number of rotatable bonds is 12. The molecule has 0 radical (unpaired) electrons. The SMILES string of the molecule is C=O.CC(C)COCNc1cc(C(C)NCc2ccc(OCCC(F)(F)F)cc2)ccn1.[HH].[HH]. The Morgan fingerprint density at radius 1 is 1.12 bits per heavy atom. The molecule has 1 aromatic heterocycles. The Morgan fingerprint density at radius 2 is 1.81 bits per heavy atom. The maximum absolute atomic E-state index is 12.2. The van der Waals surface area contributed by atoms with Gasteiger partial charge in [-0.15, -0.1) is 0 Å². The van der Waals surface area contributed by atoms with Crippen LogP contribution in [-0.4, -0.2) is 37.9 Å². The van der Waals surface area contributed by atoms with Gasteiger partial charge in [-0.1, -0.05) is 26.0 Å². The van der Waals surface area contributed by atoms with E-state index in [2.05, 4.69) is 36.4 Å². The van der Waals surface area contributed by atoms with Gasteiger partial charge in [0.1, 0.15) is 25.1 Å². The number of pyridine rings is 1. The maximum atomic E-state index is 12.2. The zero-order valence-electron chi connectivity index (χ0n) is 18.7. The third-order valence-corrected chi connectivity index (χ3v) is 4.28. The first-order chi connectivity index (χ1) is 15.2. The van der Waals surface area contributed by atoms with Gasteiger partial charge in [-0.3, -0.25) is 0 Å². The van der Waals surface area contributed by atoms with Crippen molar-refractivity contribution in [3.05, 3.63) is 53.7 Å². The molecule has 2 aromatic rings. The first kappa shape index (κ1) is 27.4. The van der Waals surface area contributed by atoms with Crippen LogP contribution in [0.4, 0.5) is 19.0 Å². The molecule has 9 heteroatoms. The van der Waals surface area contributed by atoms with Crippen LogP contribution >= 0.6 is 0 Å². The third kappa shape index (κ3) is 11.7. The highest BCUT2D eigenvalue weighted by Gasteiger charge is 2.26. The van der Waals surface area contributed by atoms with E-state index in [-0.39, 0.29) is 15.5 Å². The lowest BCUT2D eigenvalue weighted by Gasteiger charge is -2.16. The van der Waals surface area contributed by atoms with Crippen molar-refractivity contribution >= 4 is 12.6 Å². The molecule has 1 aromatic carbocycles. The molecule has 1 atom stereocenters. The van der Waals surface area contributed by atoms with Crippen LogP contribution in [0.25, 0.3) is 0 Å². The van der Waals surface area contributed by atoms with Gasteiger partial charge in [0.25, 0.3) is 0 Å². The number of benzene rings is 1. The lowest BCUT2D eigenvalue weighted by atomic mass is 10.1. The molecule has 0 aliphatic heterocycles. The summed E-state index contributed by atoms with van der Waals surface area (Å²) in [6, 6.07) is 11.1. The molecule has 0 saturated heterocycles. The highest BCUT2D eigenvalue weighted by Crippen LogP contribution is 2.21. The second kappa shape index (κ2) is 14.4. The second-order valence-corrected chi connectivity index (χ2v) is 7.52. The van der Waals surface area contributed by atoms with Crippen molar-refractivity contribution in [2.24, 2.45) is 5.92 Å². The van der Waals surface area contributed by atoms with E-state index >= 15 is 0 Å². The summed E-state index contributed by atoms with van der Waals surface area (Å²) in [6.07, 6.45) is -3.41. The van der Waals surface area contributed by atoms with E-state index in [1.807, 2.05) is 31.1 Å². The maximum Gasteiger partial charge on any atom is 0.392 e. The van der Waals surface area contributed by atoms with Gasteiger partial charge in [-0.05, 0) is 48.2 Å². The Morgan fingerprint density at radius 3 is 2.44 bits per heavy atom. The fraction of sp³-hybridized carbons (Fsp3) is 0.478. The Balaban J connectivity index is 0. The fourth-order valence-corrected chi connectivity index (χ4v) is 2.61. The molecule has 0 spiro atoms. The molecule has 0 amide bonds. The highest BCUT2D eigenvalue weighted by molar-refractivity contribution is 5.38. The predicted molar refractivity (Wildman–Crippen MR) is 123 cm³/mol. The number of hydrogen-bond donors (Lipinski definition) is 2. The monoisotopic (exact) mass is 459 g/mol. The minimum Gasteiger partial charge on any atom is -0.493 e. The zero-order valence-corrected chi connectivity index (χ0v) is 18.7. The van der Waals surface area contributed by atoms with Crippen LogP contribution in [0.5, 0.6) is 5.75 Å². The van der Waals surface area contributed by atoms with E-state index in [9.17, 15) is 13.2 Å². The second-order valence-electron chi connectivity index (χ2n) is 7.52. The minimum absolute atomic E-state index is 0. The molecule has 6 nitrogen and oxygen atoms in total.